The van der Waals surface area contributed by atoms with Crippen molar-refractivity contribution >= 4 is 29.2 Å². The maximum absolute atomic E-state index is 13.4. The number of carbonyl (C=O) groups excluding carboxylic acids is 2. The Morgan fingerprint density at radius 2 is 1.84 bits per heavy atom. The zero-order valence-corrected chi connectivity index (χ0v) is 21.3. The molecule has 198 valence electrons. The van der Waals surface area contributed by atoms with Gasteiger partial charge in [-0.05, 0) is 80.7 Å². The lowest BCUT2D eigenvalue weighted by molar-refractivity contribution is -0.137. The average Bonchev–Trinajstić information content (AvgIpc) is 3.57. The topological polar surface area (TPSA) is 77.2 Å². The van der Waals surface area contributed by atoms with E-state index in [1.165, 1.54) is 18.9 Å². The first-order chi connectivity index (χ1) is 18.1. The number of aromatic amines is 1. The number of amides is 2. The molecule has 3 heterocycles. The van der Waals surface area contributed by atoms with Crippen molar-refractivity contribution in [3.05, 3.63) is 76.1 Å². The van der Waals surface area contributed by atoms with Gasteiger partial charge < -0.3 is 20.5 Å². The van der Waals surface area contributed by atoms with Crippen LogP contribution in [0.25, 0.3) is 22.8 Å². The number of likely N-dealkylation sites (tertiary alicyclic amines) is 1. The molecule has 3 aromatic rings. The molecule has 2 amide bonds. The van der Waals surface area contributed by atoms with Gasteiger partial charge in [-0.1, -0.05) is 24.3 Å². The predicted octanol–water partition coefficient (Wildman–Crippen LogP) is 5.64. The number of anilines is 1. The van der Waals surface area contributed by atoms with E-state index in [2.05, 4.69) is 20.5 Å². The third-order valence-corrected chi connectivity index (χ3v) is 7.23. The molecule has 1 saturated heterocycles. The van der Waals surface area contributed by atoms with Crippen LogP contribution in [0.1, 0.15) is 51.3 Å². The molecule has 1 aromatic heterocycles. The van der Waals surface area contributed by atoms with Crippen molar-refractivity contribution in [2.24, 2.45) is 0 Å². The highest BCUT2D eigenvalue weighted by Gasteiger charge is 2.32. The molecule has 0 aliphatic carbocycles. The number of H-pyrrole nitrogens is 1. The zero-order valence-electron chi connectivity index (χ0n) is 21.3. The highest BCUT2D eigenvalue weighted by atomic mass is 19.4. The summed E-state index contributed by atoms with van der Waals surface area (Å²) in [4.78, 5) is 31.5. The molecule has 0 radical (unpaired) electrons. The molecule has 2 aliphatic rings. The average molecular weight is 523 g/mol. The number of rotatable bonds is 6. The molecule has 9 heteroatoms. The zero-order chi connectivity index (χ0) is 27.0. The van der Waals surface area contributed by atoms with Gasteiger partial charge >= 0.3 is 6.18 Å². The van der Waals surface area contributed by atoms with Crippen molar-refractivity contribution in [3.8, 4) is 11.1 Å². The maximum Gasteiger partial charge on any atom is 0.416 e. The van der Waals surface area contributed by atoms with Crippen LogP contribution in [0.3, 0.4) is 0 Å². The molecule has 5 rings (SSSR count). The molecule has 6 nitrogen and oxygen atoms in total. The lowest BCUT2D eigenvalue weighted by Crippen LogP contribution is -2.33. The number of nitrogens with one attached hydrogen (secondary N) is 3. The van der Waals surface area contributed by atoms with E-state index >= 15 is 0 Å². The van der Waals surface area contributed by atoms with Crippen molar-refractivity contribution < 1.29 is 22.8 Å². The number of hydrogen-bond acceptors (Lipinski definition) is 3. The van der Waals surface area contributed by atoms with E-state index in [1.54, 1.807) is 37.3 Å². The number of carbonyl (C=O) groups is 2. The number of benzene rings is 2. The standard InChI is InChI=1S/C29H29F3N4O2/c1-17-24(34-18(2)25(17)28(38)33-11-14-36-12-3-4-13-36)16-22-26-21(9-6-10-23(26)35-27(22)37)19-7-5-8-20(15-19)29(30,31)32/h5-10,15-16,34H,3-4,11-14H2,1-2H3,(H,33,38)(H,35,37). The Labute approximate surface area is 218 Å². The van der Waals surface area contributed by atoms with E-state index < -0.39 is 11.7 Å². The van der Waals surface area contributed by atoms with Crippen LogP contribution in [0.5, 0.6) is 0 Å². The van der Waals surface area contributed by atoms with E-state index in [-0.39, 0.29) is 11.8 Å². The smallest absolute Gasteiger partial charge is 0.358 e. The van der Waals surface area contributed by atoms with Crippen molar-refractivity contribution in [3.63, 3.8) is 0 Å². The molecule has 38 heavy (non-hydrogen) atoms. The van der Waals surface area contributed by atoms with E-state index in [4.69, 9.17) is 0 Å². The molecule has 2 aliphatic heterocycles. The summed E-state index contributed by atoms with van der Waals surface area (Å²) in [6.45, 7) is 7.10. The van der Waals surface area contributed by atoms with Crippen LogP contribution in [0.4, 0.5) is 18.9 Å². The molecule has 1 fully saturated rings. The summed E-state index contributed by atoms with van der Waals surface area (Å²) in [5, 5.41) is 5.81. The molecule has 0 atom stereocenters. The van der Waals surface area contributed by atoms with Crippen LogP contribution < -0.4 is 10.6 Å². The normalized spacial score (nSPS) is 16.7. The summed E-state index contributed by atoms with van der Waals surface area (Å²) >= 11 is 0. The molecule has 0 unspecified atom stereocenters. The number of aryl methyl sites for hydroxylation is 1. The fourth-order valence-electron chi connectivity index (χ4n) is 5.32. The van der Waals surface area contributed by atoms with E-state index in [0.29, 0.717) is 57.0 Å². The third kappa shape index (κ3) is 4.98. The SMILES string of the molecule is Cc1[nH]c(C=C2C(=O)Nc3cccc(-c4cccc(C(F)(F)F)c4)c32)c(C)c1C(=O)NCCN1CCCC1. The molecule has 0 spiro atoms. The second-order valence-electron chi connectivity index (χ2n) is 9.79. The quantitative estimate of drug-likeness (QED) is 0.367. The van der Waals surface area contributed by atoms with E-state index in [0.717, 1.165) is 31.8 Å². The number of fused-ring (bicyclic) bond motifs is 1. The number of nitrogens with zero attached hydrogens (tertiary/aromatic N) is 1. The van der Waals surface area contributed by atoms with Gasteiger partial charge in [0.15, 0.2) is 0 Å². The summed E-state index contributed by atoms with van der Waals surface area (Å²) in [5.74, 6) is -0.538. The minimum absolute atomic E-state index is 0.180. The summed E-state index contributed by atoms with van der Waals surface area (Å²) in [5.41, 5.74) is 3.99. The molecule has 3 N–H and O–H groups in total. The lowest BCUT2D eigenvalue weighted by Gasteiger charge is -2.14. The number of alkyl halides is 3. The largest absolute Gasteiger partial charge is 0.416 e. The summed E-state index contributed by atoms with van der Waals surface area (Å²) in [6, 6.07) is 10.2. The van der Waals surface area contributed by atoms with Gasteiger partial charge in [0.2, 0.25) is 0 Å². The minimum Gasteiger partial charge on any atom is -0.358 e. The van der Waals surface area contributed by atoms with Gasteiger partial charge in [-0.2, -0.15) is 13.2 Å². The second kappa shape index (κ2) is 10.1. The number of halogens is 3. The minimum atomic E-state index is -4.48. The van der Waals surface area contributed by atoms with Gasteiger partial charge in [-0.25, -0.2) is 0 Å². The van der Waals surface area contributed by atoms with Gasteiger partial charge in [0.25, 0.3) is 11.8 Å². The summed E-state index contributed by atoms with van der Waals surface area (Å²) in [7, 11) is 0. The van der Waals surface area contributed by atoms with Crippen molar-refractivity contribution in [2.75, 3.05) is 31.5 Å². The first-order valence-electron chi connectivity index (χ1n) is 12.7. The van der Waals surface area contributed by atoms with Crippen LogP contribution in [0.15, 0.2) is 42.5 Å². The summed E-state index contributed by atoms with van der Waals surface area (Å²) in [6.07, 6.45) is -0.435. The first kappa shape index (κ1) is 25.8. The molecular weight excluding hydrogens is 493 g/mol. The fourth-order valence-corrected chi connectivity index (χ4v) is 5.32. The Bertz CT molecular complexity index is 1430. The highest BCUT2D eigenvalue weighted by Crippen LogP contribution is 2.42. The van der Waals surface area contributed by atoms with Crippen LogP contribution >= 0.6 is 0 Å². The summed E-state index contributed by atoms with van der Waals surface area (Å²) < 4.78 is 40.1. The van der Waals surface area contributed by atoms with E-state index in [1.807, 2.05) is 6.92 Å². The van der Waals surface area contributed by atoms with Crippen LogP contribution in [0, 0.1) is 13.8 Å². The fraction of sp³-hybridized carbons (Fsp3) is 0.310. The Hall–Kier alpha value is -3.85. The Balaban J connectivity index is 1.47. The monoisotopic (exact) mass is 522 g/mol. The van der Waals surface area contributed by atoms with Crippen LogP contribution in [-0.4, -0.2) is 47.9 Å². The van der Waals surface area contributed by atoms with Gasteiger partial charge in [-0.15, -0.1) is 0 Å². The third-order valence-electron chi connectivity index (χ3n) is 7.23. The van der Waals surface area contributed by atoms with Crippen LogP contribution in [0.2, 0.25) is 0 Å². The number of hydrogen-bond donors (Lipinski definition) is 3. The van der Waals surface area contributed by atoms with Gasteiger partial charge in [0, 0.05) is 35.7 Å². The molecule has 0 saturated carbocycles. The Morgan fingerprint density at radius 3 is 2.58 bits per heavy atom. The van der Waals surface area contributed by atoms with Gasteiger partial charge in [0.05, 0.1) is 16.7 Å². The Morgan fingerprint density at radius 1 is 1.11 bits per heavy atom. The predicted molar refractivity (Wildman–Crippen MR) is 142 cm³/mol. The molecular formula is C29H29F3N4O2. The Kier molecular flexibility index (Phi) is 6.88. The molecule has 2 aromatic carbocycles. The second-order valence-corrected chi connectivity index (χ2v) is 9.79. The number of aromatic nitrogens is 1. The van der Waals surface area contributed by atoms with Crippen molar-refractivity contribution in [1.29, 1.82) is 0 Å². The van der Waals surface area contributed by atoms with Crippen molar-refractivity contribution in [2.45, 2.75) is 32.9 Å². The van der Waals surface area contributed by atoms with Crippen LogP contribution in [-0.2, 0) is 11.0 Å². The molecule has 0 bridgehead atoms. The van der Waals surface area contributed by atoms with Gasteiger partial charge in [-0.3, -0.25) is 9.59 Å². The first-order valence-corrected chi connectivity index (χ1v) is 12.7. The van der Waals surface area contributed by atoms with Crippen molar-refractivity contribution in [1.82, 2.24) is 15.2 Å². The maximum atomic E-state index is 13.4. The lowest BCUT2D eigenvalue weighted by atomic mass is 9.93. The van der Waals surface area contributed by atoms with E-state index in [9.17, 15) is 22.8 Å². The highest BCUT2D eigenvalue weighted by molar-refractivity contribution is 6.36. The van der Waals surface area contributed by atoms with Gasteiger partial charge in [0.1, 0.15) is 0 Å².